The summed E-state index contributed by atoms with van der Waals surface area (Å²) in [4.78, 5) is 38.1. The van der Waals surface area contributed by atoms with Crippen molar-refractivity contribution in [2.24, 2.45) is 11.1 Å². The fourth-order valence-electron chi connectivity index (χ4n) is 5.32. The molecule has 0 bridgehead atoms. The molecule has 4 aliphatic rings. The summed E-state index contributed by atoms with van der Waals surface area (Å²) in [5.41, 5.74) is 9.25. The molecule has 1 aromatic carbocycles. The van der Waals surface area contributed by atoms with E-state index in [1.165, 1.54) is 32.1 Å². The molecule has 1 saturated heterocycles. The number of carbonyl (C=O) groups is 3. The second-order valence-corrected chi connectivity index (χ2v) is 9.22. The van der Waals surface area contributed by atoms with Gasteiger partial charge < -0.3 is 16.0 Å². The fourth-order valence-corrected chi connectivity index (χ4v) is 5.32. The van der Waals surface area contributed by atoms with Crippen LogP contribution in [-0.4, -0.2) is 40.7 Å². The Morgan fingerprint density at radius 3 is 2.62 bits per heavy atom. The van der Waals surface area contributed by atoms with E-state index in [-0.39, 0.29) is 24.1 Å². The maximum absolute atomic E-state index is 12.9. The molecule has 7 heteroatoms. The van der Waals surface area contributed by atoms with Crippen molar-refractivity contribution in [1.82, 2.24) is 15.5 Å². The highest BCUT2D eigenvalue weighted by molar-refractivity contribution is 6.05. The lowest BCUT2D eigenvalue weighted by atomic mass is 9.83. The van der Waals surface area contributed by atoms with Gasteiger partial charge in [-0.3, -0.25) is 19.7 Å². The van der Waals surface area contributed by atoms with Crippen molar-refractivity contribution < 1.29 is 14.4 Å². The first-order valence-electron chi connectivity index (χ1n) is 10.7. The molecule has 0 aromatic heterocycles. The Bertz CT molecular complexity index is 875. The van der Waals surface area contributed by atoms with Crippen LogP contribution in [0.4, 0.5) is 0 Å². The molecule has 29 heavy (non-hydrogen) atoms. The van der Waals surface area contributed by atoms with Crippen molar-refractivity contribution in [2.45, 2.75) is 76.2 Å². The Morgan fingerprint density at radius 2 is 1.93 bits per heavy atom. The number of hydrogen-bond acceptors (Lipinski definition) is 5. The molecule has 3 fully saturated rings. The summed E-state index contributed by atoms with van der Waals surface area (Å²) in [6, 6.07) is 6.38. The molecule has 2 aliphatic heterocycles. The number of nitrogens with one attached hydrogen (secondary N) is 2. The molecule has 1 spiro atoms. The molecular weight excluding hydrogens is 368 g/mol. The molecule has 2 heterocycles. The van der Waals surface area contributed by atoms with E-state index in [1.807, 2.05) is 12.1 Å². The average Bonchev–Trinajstić information content (AvgIpc) is 3.21. The van der Waals surface area contributed by atoms with E-state index < -0.39 is 6.04 Å². The van der Waals surface area contributed by atoms with E-state index in [2.05, 4.69) is 16.7 Å². The van der Waals surface area contributed by atoms with E-state index >= 15 is 0 Å². The zero-order valence-electron chi connectivity index (χ0n) is 16.6. The summed E-state index contributed by atoms with van der Waals surface area (Å²) in [5, 5.41) is 5.99. The minimum atomic E-state index is -0.558. The molecule has 3 amide bonds. The largest absolute Gasteiger partial charge is 0.327 e. The van der Waals surface area contributed by atoms with Gasteiger partial charge in [0.25, 0.3) is 5.91 Å². The summed E-state index contributed by atoms with van der Waals surface area (Å²) in [5.74, 6) is -0.741. The fraction of sp³-hybridized carbons (Fsp3) is 0.591. The van der Waals surface area contributed by atoms with E-state index in [4.69, 9.17) is 5.73 Å². The van der Waals surface area contributed by atoms with Gasteiger partial charge >= 0.3 is 0 Å². The number of rotatable bonds is 4. The average molecular weight is 396 g/mol. The minimum absolute atomic E-state index is 0.112. The van der Waals surface area contributed by atoms with Crippen LogP contribution >= 0.6 is 0 Å². The van der Waals surface area contributed by atoms with Crippen LogP contribution < -0.4 is 16.4 Å². The Hall–Kier alpha value is -2.25. The number of nitrogens with zero attached hydrogens (tertiary/aromatic N) is 1. The molecule has 0 radical (unpaired) electrons. The highest BCUT2D eigenvalue weighted by Crippen LogP contribution is 2.55. The van der Waals surface area contributed by atoms with Crippen molar-refractivity contribution >= 4 is 17.7 Å². The van der Waals surface area contributed by atoms with Crippen LogP contribution in [0.15, 0.2) is 18.2 Å². The maximum atomic E-state index is 12.9. The van der Waals surface area contributed by atoms with Gasteiger partial charge in [-0.1, -0.05) is 12.1 Å². The quantitative estimate of drug-likeness (QED) is 0.664. The summed E-state index contributed by atoms with van der Waals surface area (Å²) in [6.07, 6.45) is 6.63. The van der Waals surface area contributed by atoms with Crippen LogP contribution in [0.2, 0.25) is 0 Å². The Kier molecular flexibility index (Phi) is 4.47. The minimum Gasteiger partial charge on any atom is -0.327 e. The lowest BCUT2D eigenvalue weighted by Gasteiger charge is -2.29. The number of nitrogens with two attached hydrogens (primary N) is 1. The van der Waals surface area contributed by atoms with Crippen LogP contribution in [0.1, 0.15) is 66.4 Å². The van der Waals surface area contributed by atoms with Crippen molar-refractivity contribution in [1.29, 1.82) is 0 Å². The maximum Gasteiger partial charge on any atom is 0.255 e. The van der Waals surface area contributed by atoms with Crippen molar-refractivity contribution in [2.75, 3.05) is 0 Å². The molecule has 2 aliphatic carbocycles. The highest BCUT2D eigenvalue weighted by atomic mass is 16.2. The van der Waals surface area contributed by atoms with Gasteiger partial charge in [-0.15, -0.1) is 0 Å². The van der Waals surface area contributed by atoms with E-state index in [0.29, 0.717) is 36.0 Å². The van der Waals surface area contributed by atoms with Crippen molar-refractivity contribution in [3.05, 3.63) is 34.9 Å². The number of carbonyl (C=O) groups excluding carboxylic acids is 3. The predicted octanol–water partition coefficient (Wildman–Crippen LogP) is 1.20. The standard InChI is InChI=1S/C22H28N4O3/c23-18-10-22(18)7-5-15(6-8-22)24-11-13-1-2-14-12-26(21(29)16(14)9-13)17-3-4-19(27)25-20(17)28/h1-2,9,15,17-18,24H,3-8,10-12,23H2,(H,25,27,28). The SMILES string of the molecule is NC1CC12CCC(NCc1ccc3c(c1)C(=O)N(C1CCC(=O)NC1=O)C3)CC2. The molecule has 4 N–H and O–H groups in total. The first-order valence-corrected chi connectivity index (χ1v) is 10.7. The zero-order chi connectivity index (χ0) is 20.2. The Balaban J connectivity index is 1.20. The number of piperidine rings is 1. The van der Waals surface area contributed by atoms with Gasteiger partial charge in [0.2, 0.25) is 11.8 Å². The third-order valence-electron chi connectivity index (χ3n) is 7.42. The Labute approximate surface area is 170 Å². The number of amides is 3. The topological polar surface area (TPSA) is 105 Å². The van der Waals surface area contributed by atoms with Crippen LogP contribution in [0, 0.1) is 5.41 Å². The number of benzene rings is 1. The Morgan fingerprint density at radius 1 is 1.17 bits per heavy atom. The number of hydrogen-bond donors (Lipinski definition) is 3. The van der Waals surface area contributed by atoms with Crippen LogP contribution in [0.25, 0.3) is 0 Å². The molecule has 2 saturated carbocycles. The summed E-state index contributed by atoms with van der Waals surface area (Å²) < 4.78 is 0. The van der Waals surface area contributed by atoms with Crippen LogP contribution in [0.3, 0.4) is 0 Å². The third kappa shape index (κ3) is 3.36. The van der Waals surface area contributed by atoms with Crippen LogP contribution in [-0.2, 0) is 22.7 Å². The van der Waals surface area contributed by atoms with Crippen molar-refractivity contribution in [3.63, 3.8) is 0 Å². The zero-order valence-corrected chi connectivity index (χ0v) is 16.6. The monoisotopic (exact) mass is 396 g/mol. The van der Waals surface area contributed by atoms with Gasteiger partial charge in [-0.25, -0.2) is 0 Å². The number of imide groups is 1. The highest BCUT2D eigenvalue weighted by Gasteiger charge is 2.52. The van der Waals surface area contributed by atoms with Gasteiger partial charge in [0.05, 0.1) is 0 Å². The summed E-state index contributed by atoms with van der Waals surface area (Å²) >= 11 is 0. The van der Waals surface area contributed by atoms with Gasteiger partial charge in [0.15, 0.2) is 0 Å². The smallest absolute Gasteiger partial charge is 0.255 e. The first-order chi connectivity index (χ1) is 13.9. The molecule has 154 valence electrons. The second kappa shape index (κ2) is 6.92. The van der Waals surface area contributed by atoms with Gasteiger partial charge in [0, 0.05) is 37.2 Å². The van der Waals surface area contributed by atoms with Gasteiger partial charge in [-0.2, -0.15) is 0 Å². The van der Waals surface area contributed by atoms with E-state index in [0.717, 1.165) is 17.7 Å². The van der Waals surface area contributed by atoms with Gasteiger partial charge in [-0.05, 0) is 61.1 Å². The van der Waals surface area contributed by atoms with E-state index in [1.54, 1.807) is 4.90 Å². The van der Waals surface area contributed by atoms with Crippen LogP contribution in [0.5, 0.6) is 0 Å². The second-order valence-electron chi connectivity index (χ2n) is 9.22. The molecular formula is C22H28N4O3. The molecule has 1 aromatic rings. The normalized spacial score (nSPS) is 33.8. The lowest BCUT2D eigenvalue weighted by molar-refractivity contribution is -0.136. The third-order valence-corrected chi connectivity index (χ3v) is 7.42. The van der Waals surface area contributed by atoms with E-state index in [9.17, 15) is 14.4 Å². The molecule has 2 atom stereocenters. The molecule has 2 unspecified atom stereocenters. The number of fused-ring (bicyclic) bond motifs is 1. The lowest BCUT2D eigenvalue weighted by Crippen LogP contribution is -2.52. The van der Waals surface area contributed by atoms with Gasteiger partial charge in [0.1, 0.15) is 6.04 Å². The molecule has 5 rings (SSSR count). The van der Waals surface area contributed by atoms with Crippen molar-refractivity contribution in [3.8, 4) is 0 Å². The predicted molar refractivity (Wildman–Crippen MR) is 107 cm³/mol. The summed E-state index contributed by atoms with van der Waals surface area (Å²) in [7, 11) is 0. The summed E-state index contributed by atoms with van der Waals surface area (Å²) in [6.45, 7) is 1.17. The first kappa shape index (κ1) is 18.8. The molecule has 7 nitrogen and oxygen atoms in total.